The fourth-order valence-electron chi connectivity index (χ4n) is 2.20. The summed E-state index contributed by atoms with van der Waals surface area (Å²) in [5.41, 5.74) is 3.87. The molecule has 3 rings (SSSR count). The molecule has 170 valence electrons. The predicted octanol–water partition coefficient (Wildman–Crippen LogP) is 2.47. The Kier molecular flexibility index (Phi) is 6.56. The van der Waals surface area contributed by atoms with Gasteiger partial charge >= 0.3 is 6.36 Å². The van der Waals surface area contributed by atoms with Crippen LogP contribution in [0.2, 0.25) is 0 Å². The molecule has 32 heavy (non-hydrogen) atoms. The highest BCUT2D eigenvalue weighted by atomic mass is 32.2. The minimum absolute atomic E-state index is 0.207. The lowest BCUT2D eigenvalue weighted by Gasteiger charge is -2.10. The van der Waals surface area contributed by atoms with Gasteiger partial charge in [0.1, 0.15) is 11.6 Å². The topological polar surface area (TPSA) is 151 Å². The summed E-state index contributed by atoms with van der Waals surface area (Å²) < 4.78 is 82.5. The number of aromatic nitrogens is 2. The van der Waals surface area contributed by atoms with E-state index in [1.165, 1.54) is 12.1 Å². The van der Waals surface area contributed by atoms with Crippen LogP contribution in [0.1, 0.15) is 5.69 Å². The van der Waals surface area contributed by atoms with E-state index >= 15 is 0 Å². The molecule has 11 nitrogen and oxygen atoms in total. The summed E-state index contributed by atoms with van der Waals surface area (Å²) in [6.45, 7) is 0. The average Bonchev–Trinajstić information content (AvgIpc) is 3.20. The fraction of sp³-hybridized carbons (Fsp3) is 0.0625. The standard InChI is InChI=1S/C16H12F4N6O5S/c17-9-1-3-10(4-2-9)21-14(23-27)13-15(25-31-24-13)22-26-32(28,29)12-7-5-11(6-8-12)30-16(18,19)20/h1-8,26-27H,(H,21,23)(H,22,25). The van der Waals surface area contributed by atoms with E-state index in [9.17, 15) is 31.2 Å². The molecule has 0 amide bonds. The maximum absolute atomic E-state index is 13.0. The Morgan fingerprint density at radius 1 is 1.06 bits per heavy atom. The molecule has 0 unspecified atom stereocenters. The third-order valence-corrected chi connectivity index (χ3v) is 4.82. The van der Waals surface area contributed by atoms with Gasteiger partial charge in [0.15, 0.2) is 11.5 Å². The van der Waals surface area contributed by atoms with Gasteiger partial charge < -0.3 is 4.74 Å². The first kappa shape index (κ1) is 22.9. The highest BCUT2D eigenvalue weighted by Crippen LogP contribution is 2.24. The largest absolute Gasteiger partial charge is 0.573 e. The van der Waals surface area contributed by atoms with Crippen LogP contribution in [-0.4, -0.2) is 36.1 Å². The molecule has 3 aromatic rings. The van der Waals surface area contributed by atoms with Crippen molar-refractivity contribution >= 4 is 27.4 Å². The number of hydrazine groups is 1. The molecule has 0 saturated heterocycles. The maximum Gasteiger partial charge on any atom is 0.573 e. The van der Waals surface area contributed by atoms with Crippen molar-refractivity contribution in [1.82, 2.24) is 20.6 Å². The van der Waals surface area contributed by atoms with E-state index in [1.54, 1.807) is 5.48 Å². The third-order valence-electron chi connectivity index (χ3n) is 3.56. The minimum atomic E-state index is -4.93. The van der Waals surface area contributed by atoms with E-state index in [4.69, 9.17) is 0 Å². The van der Waals surface area contributed by atoms with Crippen LogP contribution in [-0.2, 0) is 10.0 Å². The number of hydroxylamine groups is 1. The van der Waals surface area contributed by atoms with Crippen LogP contribution < -0.4 is 20.5 Å². The molecule has 0 bridgehead atoms. The smallest absolute Gasteiger partial charge is 0.406 e. The number of sulfonamides is 1. The van der Waals surface area contributed by atoms with Gasteiger partial charge in [-0.15, -0.1) is 18.0 Å². The van der Waals surface area contributed by atoms with E-state index in [0.717, 1.165) is 36.4 Å². The Morgan fingerprint density at radius 2 is 1.72 bits per heavy atom. The Morgan fingerprint density at radius 3 is 2.31 bits per heavy atom. The first-order chi connectivity index (χ1) is 15.1. The van der Waals surface area contributed by atoms with Crippen LogP contribution in [0.3, 0.4) is 0 Å². The lowest BCUT2D eigenvalue weighted by atomic mass is 10.3. The number of alkyl halides is 3. The van der Waals surface area contributed by atoms with Gasteiger partial charge in [-0.05, 0) is 58.8 Å². The van der Waals surface area contributed by atoms with Gasteiger partial charge in [0.05, 0.1) is 10.6 Å². The number of ether oxygens (including phenoxy) is 1. The van der Waals surface area contributed by atoms with Gasteiger partial charge in [-0.1, -0.05) is 0 Å². The number of aliphatic imine (C=N–C) groups is 1. The zero-order chi connectivity index (χ0) is 23.4. The summed E-state index contributed by atoms with van der Waals surface area (Å²) in [6.07, 6.45) is -4.93. The van der Waals surface area contributed by atoms with Crippen LogP contribution in [0.15, 0.2) is 63.0 Å². The SMILES string of the molecule is O=S(=O)(NNc1nonc1C(=Nc1ccc(F)cc1)NO)c1ccc(OC(F)(F)F)cc1. The quantitative estimate of drug-likeness (QED) is 0.174. The van der Waals surface area contributed by atoms with Crippen molar-refractivity contribution in [2.24, 2.45) is 4.99 Å². The number of amidine groups is 1. The summed E-state index contributed by atoms with van der Waals surface area (Å²) >= 11 is 0. The van der Waals surface area contributed by atoms with Crippen molar-refractivity contribution < 1.29 is 40.6 Å². The van der Waals surface area contributed by atoms with Crippen LogP contribution in [0.5, 0.6) is 5.75 Å². The van der Waals surface area contributed by atoms with Crippen LogP contribution in [0.25, 0.3) is 0 Å². The number of hydrogen-bond donors (Lipinski definition) is 4. The van der Waals surface area contributed by atoms with Crippen LogP contribution >= 0.6 is 0 Å². The average molecular weight is 476 g/mol. The van der Waals surface area contributed by atoms with Crippen molar-refractivity contribution in [1.29, 1.82) is 0 Å². The number of nitrogens with zero attached hydrogens (tertiary/aromatic N) is 3. The zero-order valence-electron chi connectivity index (χ0n) is 15.5. The number of rotatable bonds is 7. The number of benzene rings is 2. The molecule has 0 aliphatic carbocycles. The van der Waals surface area contributed by atoms with Crippen molar-refractivity contribution in [3.63, 3.8) is 0 Å². The summed E-state index contributed by atoms with van der Waals surface area (Å²) in [6, 6.07) is 8.21. The highest BCUT2D eigenvalue weighted by Gasteiger charge is 2.31. The molecular weight excluding hydrogens is 464 g/mol. The molecule has 0 spiro atoms. The monoisotopic (exact) mass is 476 g/mol. The number of nitrogens with one attached hydrogen (secondary N) is 3. The normalized spacial score (nSPS) is 12.5. The molecule has 1 aromatic heterocycles. The molecule has 0 atom stereocenters. The molecule has 16 heteroatoms. The van der Waals surface area contributed by atoms with E-state index in [0.29, 0.717) is 0 Å². The fourth-order valence-corrected chi connectivity index (χ4v) is 3.04. The predicted molar refractivity (Wildman–Crippen MR) is 98.9 cm³/mol. The Labute approximate surface area is 176 Å². The molecule has 2 aromatic carbocycles. The molecular formula is C16H12F4N6O5S. The minimum Gasteiger partial charge on any atom is -0.406 e. The van der Waals surface area contributed by atoms with Gasteiger partial charge in [-0.25, -0.2) is 22.4 Å². The summed E-state index contributed by atoms with van der Waals surface area (Å²) in [5.74, 6) is -1.77. The Balaban J connectivity index is 1.75. The lowest BCUT2D eigenvalue weighted by molar-refractivity contribution is -0.274. The second-order valence-electron chi connectivity index (χ2n) is 5.76. The van der Waals surface area contributed by atoms with Crippen LogP contribution in [0.4, 0.5) is 29.1 Å². The van der Waals surface area contributed by atoms with E-state index in [2.05, 4.69) is 30.1 Å². The van der Waals surface area contributed by atoms with Gasteiger partial charge in [0, 0.05) is 0 Å². The van der Waals surface area contributed by atoms with E-state index in [-0.39, 0.29) is 23.0 Å². The highest BCUT2D eigenvalue weighted by molar-refractivity contribution is 7.89. The molecule has 1 heterocycles. The molecule has 4 N–H and O–H groups in total. The molecule has 0 radical (unpaired) electrons. The van der Waals surface area contributed by atoms with Gasteiger partial charge in [0.2, 0.25) is 5.82 Å². The second-order valence-corrected chi connectivity index (χ2v) is 7.44. The molecule has 0 saturated carbocycles. The molecule has 0 aliphatic rings. The first-order valence-corrected chi connectivity index (χ1v) is 9.76. The van der Waals surface area contributed by atoms with Gasteiger partial charge in [0.25, 0.3) is 10.0 Å². The Bertz CT molecular complexity index is 1200. The Hall–Kier alpha value is -3.76. The second kappa shape index (κ2) is 9.16. The van der Waals surface area contributed by atoms with Crippen LogP contribution in [0, 0.1) is 5.82 Å². The summed E-state index contributed by atoms with van der Waals surface area (Å²) in [4.78, 5) is 5.48. The molecule has 0 aliphatic heterocycles. The van der Waals surface area contributed by atoms with Crippen molar-refractivity contribution in [2.45, 2.75) is 11.3 Å². The number of anilines is 1. The van der Waals surface area contributed by atoms with Crippen molar-refractivity contribution in [3.8, 4) is 5.75 Å². The molecule has 0 fully saturated rings. The number of halogens is 4. The third kappa shape index (κ3) is 5.90. The maximum atomic E-state index is 13.0. The van der Waals surface area contributed by atoms with E-state index < -0.39 is 32.8 Å². The van der Waals surface area contributed by atoms with Crippen molar-refractivity contribution in [3.05, 3.63) is 60.0 Å². The van der Waals surface area contributed by atoms with Crippen molar-refractivity contribution in [2.75, 3.05) is 5.43 Å². The van der Waals surface area contributed by atoms with E-state index in [1.807, 2.05) is 4.83 Å². The lowest BCUT2D eigenvalue weighted by Crippen LogP contribution is -2.31. The van der Waals surface area contributed by atoms with Gasteiger partial charge in [-0.3, -0.25) is 16.1 Å². The zero-order valence-corrected chi connectivity index (χ0v) is 16.3. The first-order valence-electron chi connectivity index (χ1n) is 8.28. The van der Waals surface area contributed by atoms with Gasteiger partial charge in [-0.2, -0.15) is 0 Å². The summed E-state index contributed by atoms with van der Waals surface area (Å²) in [5, 5.41) is 16.2. The summed E-state index contributed by atoms with van der Waals surface area (Å²) in [7, 11) is -4.28. The number of hydrogen-bond acceptors (Lipinski definition) is 9.